The summed E-state index contributed by atoms with van der Waals surface area (Å²) in [6, 6.07) is 12.2. The summed E-state index contributed by atoms with van der Waals surface area (Å²) in [5.74, 6) is 0.398. The third-order valence-corrected chi connectivity index (χ3v) is 15.8. The largest absolute Gasteiger partial charge is 0.490 e. The molecule has 1 saturated carbocycles. The standard InChI is InChI=1S/C44H63ClN4O6S/c1-6-55-44(29-47-20-22-48(23-21-47)31(2)3)19-7-9-32(4)41(17-24-53-5)56(51,52)46-42(50)34-12-16-40-39(26-34)49(27-35-11-14-38(35)44)28-43(30-54-40)18-8-10-33-25-36(45)13-15-37(33)43/h7,12-13,15-16,19,25-26,31-32,35,38,41H,6,8-11,14,17-18,20-24,27-30H2,1-5H3,(H,46,50)/b19-7+/t32-,35-,38+,41+,43?,44-/m0/s1. The van der Waals surface area contributed by atoms with Crippen LogP contribution in [0.4, 0.5) is 5.69 Å². The zero-order valence-electron chi connectivity index (χ0n) is 34.1. The number of nitrogens with one attached hydrogen (secondary N) is 1. The van der Waals surface area contributed by atoms with Crippen LogP contribution >= 0.6 is 11.6 Å². The number of nitrogens with zero attached hydrogens (tertiary/aromatic N) is 3. The molecule has 2 fully saturated rings. The minimum Gasteiger partial charge on any atom is -0.490 e. The summed E-state index contributed by atoms with van der Waals surface area (Å²) in [6.45, 7) is 16.3. The third-order valence-electron chi connectivity index (χ3n) is 13.6. The fraction of sp³-hybridized carbons (Fsp3) is 0.659. The van der Waals surface area contributed by atoms with E-state index >= 15 is 0 Å². The first-order chi connectivity index (χ1) is 26.9. The van der Waals surface area contributed by atoms with Crippen molar-refractivity contribution in [3.8, 4) is 5.75 Å². The molecule has 3 heterocycles. The summed E-state index contributed by atoms with van der Waals surface area (Å²) in [5.41, 5.74) is 2.87. The van der Waals surface area contributed by atoms with Gasteiger partial charge in [-0.1, -0.05) is 36.7 Å². The van der Waals surface area contributed by atoms with Gasteiger partial charge in [0.05, 0.1) is 17.5 Å². The van der Waals surface area contributed by atoms with Gasteiger partial charge in [0.25, 0.3) is 5.91 Å². The monoisotopic (exact) mass is 810 g/mol. The highest BCUT2D eigenvalue weighted by Gasteiger charge is 2.50. The summed E-state index contributed by atoms with van der Waals surface area (Å²) in [4.78, 5) is 21.5. The van der Waals surface area contributed by atoms with Gasteiger partial charge < -0.3 is 19.1 Å². The Bertz CT molecular complexity index is 1850. The van der Waals surface area contributed by atoms with Crippen LogP contribution in [0.3, 0.4) is 0 Å². The number of sulfonamides is 1. The van der Waals surface area contributed by atoms with Gasteiger partial charge in [-0.3, -0.25) is 14.6 Å². The molecule has 1 N–H and O–H groups in total. The predicted molar refractivity (Wildman–Crippen MR) is 224 cm³/mol. The summed E-state index contributed by atoms with van der Waals surface area (Å²) in [5, 5.41) is -0.0808. The molecule has 3 aliphatic heterocycles. The second kappa shape index (κ2) is 17.3. The van der Waals surface area contributed by atoms with Crippen molar-refractivity contribution in [2.45, 2.75) is 94.9 Å². The van der Waals surface area contributed by atoms with Crippen LogP contribution < -0.4 is 14.4 Å². The second-order valence-corrected chi connectivity index (χ2v) is 19.8. The van der Waals surface area contributed by atoms with E-state index in [-0.39, 0.29) is 30.3 Å². The van der Waals surface area contributed by atoms with Crippen molar-refractivity contribution >= 4 is 33.2 Å². The summed E-state index contributed by atoms with van der Waals surface area (Å²) < 4.78 is 49.8. The molecule has 2 aromatic rings. The molecule has 6 atom stereocenters. The molecule has 1 amide bonds. The first-order valence-corrected chi connectivity index (χ1v) is 22.9. The molecule has 1 spiro atoms. The zero-order chi connectivity index (χ0) is 39.7. The van der Waals surface area contributed by atoms with Gasteiger partial charge in [-0.25, -0.2) is 13.1 Å². The quantitative estimate of drug-likeness (QED) is 0.292. The van der Waals surface area contributed by atoms with Crippen molar-refractivity contribution in [1.82, 2.24) is 14.5 Å². The van der Waals surface area contributed by atoms with Crippen LogP contribution in [-0.2, 0) is 31.3 Å². The van der Waals surface area contributed by atoms with Gasteiger partial charge in [0.1, 0.15) is 11.4 Å². The zero-order valence-corrected chi connectivity index (χ0v) is 35.7. The number of halogens is 1. The molecule has 10 nitrogen and oxygen atoms in total. The van der Waals surface area contributed by atoms with Crippen molar-refractivity contribution < 1.29 is 27.4 Å². The van der Waals surface area contributed by atoms with E-state index in [0.717, 1.165) is 82.1 Å². The van der Waals surface area contributed by atoms with Gasteiger partial charge in [0, 0.05) is 88.2 Å². The number of allylic oxidation sites excluding steroid dienone is 1. The maximum Gasteiger partial charge on any atom is 0.264 e. The van der Waals surface area contributed by atoms with Crippen LogP contribution in [0.15, 0.2) is 48.6 Å². The minimum atomic E-state index is -4.07. The van der Waals surface area contributed by atoms with Gasteiger partial charge in [0.15, 0.2) is 0 Å². The molecule has 1 unspecified atom stereocenters. The highest BCUT2D eigenvalue weighted by molar-refractivity contribution is 7.90. The van der Waals surface area contributed by atoms with E-state index in [0.29, 0.717) is 49.5 Å². The van der Waals surface area contributed by atoms with Crippen molar-refractivity contribution in [2.24, 2.45) is 17.8 Å². The fourth-order valence-corrected chi connectivity index (χ4v) is 12.2. The van der Waals surface area contributed by atoms with E-state index in [1.807, 2.05) is 25.1 Å². The number of piperazine rings is 1. The van der Waals surface area contributed by atoms with Crippen LogP contribution in [0, 0.1) is 17.8 Å². The summed E-state index contributed by atoms with van der Waals surface area (Å²) >= 11 is 6.53. The molecule has 5 aliphatic rings. The Morgan fingerprint density at radius 1 is 1.09 bits per heavy atom. The smallest absolute Gasteiger partial charge is 0.264 e. The number of amides is 1. The molecule has 2 bridgehead atoms. The SMILES string of the molecule is CCO[C@]1(CN2CCN(C(C)C)CC2)/C=C/C[C@H](C)[C@@H](CCOC)S(=O)(=O)NC(=O)c2ccc3c(c2)N(C[C@@H]2CC[C@H]21)CC1(CCCc2cc(Cl)ccc21)CO3. The number of benzene rings is 2. The Hall–Kier alpha value is -2.67. The van der Waals surface area contributed by atoms with Crippen LogP contribution in [0.1, 0.15) is 87.7 Å². The van der Waals surface area contributed by atoms with Gasteiger partial charge in [0.2, 0.25) is 10.0 Å². The summed E-state index contributed by atoms with van der Waals surface area (Å²) in [7, 11) is -2.49. The van der Waals surface area contributed by atoms with Crippen molar-refractivity contribution in [1.29, 1.82) is 0 Å². The van der Waals surface area contributed by atoms with Gasteiger partial charge in [-0.2, -0.15) is 0 Å². The molecular formula is C44H63ClN4O6S. The number of hydrogen-bond donors (Lipinski definition) is 1. The number of anilines is 1. The lowest BCUT2D eigenvalue weighted by molar-refractivity contribution is -0.113. The van der Waals surface area contributed by atoms with Crippen LogP contribution in [-0.4, -0.2) is 114 Å². The molecule has 56 heavy (non-hydrogen) atoms. The fourth-order valence-electron chi connectivity index (χ4n) is 10.4. The van der Waals surface area contributed by atoms with E-state index in [1.165, 1.54) is 11.1 Å². The third kappa shape index (κ3) is 8.55. The number of rotatable bonds is 8. The Labute approximate surface area is 340 Å². The molecule has 2 aliphatic carbocycles. The number of carbonyl (C=O) groups excluding carboxylic acids is 1. The molecule has 0 radical (unpaired) electrons. The first kappa shape index (κ1) is 41.5. The van der Waals surface area contributed by atoms with Crippen molar-refractivity contribution in [3.63, 3.8) is 0 Å². The number of aryl methyl sites for hydroxylation is 1. The average Bonchev–Trinajstić information content (AvgIpc) is 3.29. The average molecular weight is 812 g/mol. The van der Waals surface area contributed by atoms with E-state index < -0.39 is 26.8 Å². The van der Waals surface area contributed by atoms with Crippen LogP contribution in [0.5, 0.6) is 5.75 Å². The first-order valence-electron chi connectivity index (χ1n) is 21.0. The van der Waals surface area contributed by atoms with Gasteiger partial charge in [-0.15, -0.1) is 0 Å². The van der Waals surface area contributed by atoms with E-state index in [9.17, 15) is 13.2 Å². The van der Waals surface area contributed by atoms with E-state index in [4.69, 9.17) is 25.8 Å². The molecule has 12 heteroatoms. The predicted octanol–water partition coefficient (Wildman–Crippen LogP) is 6.70. The van der Waals surface area contributed by atoms with Crippen LogP contribution in [0.25, 0.3) is 0 Å². The Morgan fingerprint density at radius 2 is 1.89 bits per heavy atom. The number of ether oxygens (including phenoxy) is 3. The lowest BCUT2D eigenvalue weighted by Gasteiger charge is -2.52. The molecule has 1 saturated heterocycles. The van der Waals surface area contributed by atoms with E-state index in [2.05, 4.69) is 64.5 Å². The summed E-state index contributed by atoms with van der Waals surface area (Å²) in [6.07, 6.45) is 10.4. The Kier molecular flexibility index (Phi) is 12.8. The van der Waals surface area contributed by atoms with Crippen molar-refractivity contribution in [2.75, 3.05) is 77.6 Å². The maximum atomic E-state index is 14.1. The number of fused-ring (bicyclic) bond motifs is 4. The lowest BCUT2D eigenvalue weighted by Crippen LogP contribution is -2.59. The number of methoxy groups -OCH3 is 1. The number of hydrogen-bond acceptors (Lipinski definition) is 9. The van der Waals surface area contributed by atoms with Gasteiger partial charge >= 0.3 is 0 Å². The molecule has 7 rings (SSSR count). The Morgan fingerprint density at radius 3 is 2.61 bits per heavy atom. The molecule has 0 aromatic heterocycles. The Balaban J connectivity index is 1.31. The normalized spacial score (nSPS) is 31.8. The second-order valence-electron chi connectivity index (χ2n) is 17.4. The topological polar surface area (TPSA) is 101 Å². The highest BCUT2D eigenvalue weighted by Crippen LogP contribution is 2.49. The van der Waals surface area contributed by atoms with Crippen LogP contribution in [0.2, 0.25) is 5.02 Å². The van der Waals surface area contributed by atoms with E-state index in [1.54, 1.807) is 13.2 Å². The highest BCUT2D eigenvalue weighted by atomic mass is 35.5. The molecular weight excluding hydrogens is 748 g/mol. The lowest BCUT2D eigenvalue weighted by atomic mass is 9.63. The van der Waals surface area contributed by atoms with Crippen molar-refractivity contribution in [3.05, 3.63) is 70.3 Å². The molecule has 308 valence electrons. The number of carbonyl (C=O) groups is 1. The van der Waals surface area contributed by atoms with Gasteiger partial charge in [-0.05, 0) is 125 Å². The minimum absolute atomic E-state index is 0.255. The molecule has 2 aromatic carbocycles. The maximum absolute atomic E-state index is 14.1.